The number of rotatable bonds is 5. The normalized spacial score (nSPS) is 19.0. The molecule has 0 N–H and O–H groups in total. The first-order chi connectivity index (χ1) is 14.3. The number of carbonyl (C=O) groups is 1. The first kappa shape index (κ1) is 20.7. The Balaban J connectivity index is 1.60. The van der Waals surface area contributed by atoms with Gasteiger partial charge in [-0.15, -0.1) is 0 Å². The third-order valence-electron chi connectivity index (χ3n) is 6.09. The molecule has 1 unspecified atom stereocenters. The Bertz CT molecular complexity index is 937. The minimum absolute atomic E-state index is 0.184. The van der Waals surface area contributed by atoms with Crippen LogP contribution in [0.3, 0.4) is 0 Å². The average molecular weight is 409 g/mol. The minimum atomic E-state index is 0.184. The molecule has 4 heterocycles. The molecule has 0 aliphatic carbocycles. The number of fused-ring (bicyclic) bond motifs is 1. The molecule has 2 aliphatic rings. The van der Waals surface area contributed by atoms with Gasteiger partial charge in [0.25, 0.3) is 0 Å². The fourth-order valence-electron chi connectivity index (χ4n) is 4.40. The van der Waals surface area contributed by atoms with Gasteiger partial charge in [-0.05, 0) is 52.0 Å². The lowest BCUT2D eigenvalue weighted by molar-refractivity contribution is -0.119. The zero-order valence-electron chi connectivity index (χ0n) is 18.8. The van der Waals surface area contributed by atoms with E-state index in [-0.39, 0.29) is 11.8 Å². The number of aryl methyl sites for hydroxylation is 3. The molecule has 0 radical (unpaired) electrons. The van der Waals surface area contributed by atoms with E-state index >= 15 is 0 Å². The standard InChI is InChI=1S/C23H32N6O/c1-14(2)8-11-29-20(30)7-6-19-17(5)26-21(27-22(19)29)18-9-10-28(13-18)23-24-15(3)12-16(4)25-23/h12,14,18H,6-11,13H2,1-5H3. The highest BCUT2D eigenvalue weighted by molar-refractivity contribution is 5.95. The van der Waals surface area contributed by atoms with Crippen LogP contribution in [0.1, 0.15) is 67.5 Å². The molecule has 0 spiro atoms. The second kappa shape index (κ2) is 8.28. The van der Waals surface area contributed by atoms with Crippen LogP contribution in [0.5, 0.6) is 0 Å². The van der Waals surface area contributed by atoms with Crippen molar-refractivity contribution in [1.82, 2.24) is 19.9 Å². The zero-order valence-corrected chi connectivity index (χ0v) is 18.8. The van der Waals surface area contributed by atoms with Crippen molar-refractivity contribution < 1.29 is 4.79 Å². The molecule has 0 bridgehead atoms. The van der Waals surface area contributed by atoms with E-state index < -0.39 is 0 Å². The van der Waals surface area contributed by atoms with Crippen molar-refractivity contribution in [3.63, 3.8) is 0 Å². The molecule has 30 heavy (non-hydrogen) atoms. The summed E-state index contributed by atoms with van der Waals surface area (Å²) >= 11 is 0. The summed E-state index contributed by atoms with van der Waals surface area (Å²) in [6, 6.07) is 2.00. The number of carbonyl (C=O) groups excluding carboxylic acids is 1. The van der Waals surface area contributed by atoms with Gasteiger partial charge in [0.2, 0.25) is 11.9 Å². The lowest BCUT2D eigenvalue weighted by Gasteiger charge is -2.30. The van der Waals surface area contributed by atoms with E-state index in [1.807, 2.05) is 24.8 Å². The molecule has 7 heteroatoms. The molecular weight excluding hydrogens is 376 g/mol. The first-order valence-corrected chi connectivity index (χ1v) is 11.1. The highest BCUT2D eigenvalue weighted by atomic mass is 16.2. The average Bonchev–Trinajstić information content (AvgIpc) is 3.16. The maximum absolute atomic E-state index is 12.7. The zero-order chi connectivity index (χ0) is 21.4. The molecule has 1 atom stereocenters. The molecular formula is C23H32N6O. The van der Waals surface area contributed by atoms with Gasteiger partial charge < -0.3 is 4.90 Å². The van der Waals surface area contributed by atoms with E-state index in [0.29, 0.717) is 12.3 Å². The van der Waals surface area contributed by atoms with Crippen LogP contribution in [0.4, 0.5) is 11.8 Å². The van der Waals surface area contributed by atoms with Gasteiger partial charge in [-0.1, -0.05) is 13.8 Å². The van der Waals surface area contributed by atoms with E-state index in [2.05, 4.69) is 35.6 Å². The number of aromatic nitrogens is 4. The lowest BCUT2D eigenvalue weighted by Crippen LogP contribution is -2.38. The molecule has 2 aromatic heterocycles. The van der Waals surface area contributed by atoms with Crippen molar-refractivity contribution in [2.24, 2.45) is 5.92 Å². The number of amides is 1. The molecule has 2 aromatic rings. The smallest absolute Gasteiger partial charge is 0.228 e. The largest absolute Gasteiger partial charge is 0.340 e. The van der Waals surface area contributed by atoms with E-state index in [1.165, 1.54) is 0 Å². The number of nitrogens with zero attached hydrogens (tertiary/aromatic N) is 6. The van der Waals surface area contributed by atoms with Crippen LogP contribution in [-0.4, -0.2) is 45.5 Å². The van der Waals surface area contributed by atoms with E-state index in [1.54, 1.807) is 0 Å². The van der Waals surface area contributed by atoms with Crippen LogP contribution >= 0.6 is 0 Å². The van der Waals surface area contributed by atoms with Gasteiger partial charge in [-0.2, -0.15) is 0 Å². The van der Waals surface area contributed by atoms with Crippen LogP contribution in [0.2, 0.25) is 0 Å². The number of anilines is 2. The summed E-state index contributed by atoms with van der Waals surface area (Å²) < 4.78 is 0. The molecule has 2 aliphatic heterocycles. The van der Waals surface area contributed by atoms with Gasteiger partial charge in [0.1, 0.15) is 11.6 Å². The fraction of sp³-hybridized carbons (Fsp3) is 0.609. The molecule has 1 saturated heterocycles. The van der Waals surface area contributed by atoms with Gasteiger partial charge in [-0.25, -0.2) is 19.9 Å². The quantitative estimate of drug-likeness (QED) is 0.754. The summed E-state index contributed by atoms with van der Waals surface area (Å²) in [5, 5.41) is 0. The van der Waals surface area contributed by atoms with Crippen LogP contribution in [0.25, 0.3) is 0 Å². The Morgan fingerprint density at radius 1 is 1.07 bits per heavy atom. The van der Waals surface area contributed by atoms with Gasteiger partial charge in [-0.3, -0.25) is 9.69 Å². The fourth-order valence-corrected chi connectivity index (χ4v) is 4.40. The summed E-state index contributed by atoms with van der Waals surface area (Å²) in [5.74, 6) is 3.44. The molecule has 1 amide bonds. The van der Waals surface area contributed by atoms with E-state index in [4.69, 9.17) is 9.97 Å². The Morgan fingerprint density at radius 2 is 1.80 bits per heavy atom. The monoisotopic (exact) mass is 408 g/mol. The third-order valence-corrected chi connectivity index (χ3v) is 6.09. The van der Waals surface area contributed by atoms with Crippen LogP contribution in [-0.2, 0) is 11.2 Å². The molecule has 0 saturated carbocycles. The van der Waals surface area contributed by atoms with Crippen molar-refractivity contribution in [3.05, 3.63) is 34.5 Å². The van der Waals surface area contributed by atoms with Crippen molar-refractivity contribution in [1.29, 1.82) is 0 Å². The van der Waals surface area contributed by atoms with Crippen molar-refractivity contribution in [2.75, 3.05) is 29.4 Å². The second-order valence-corrected chi connectivity index (χ2v) is 9.08. The third kappa shape index (κ3) is 4.16. The highest BCUT2D eigenvalue weighted by Crippen LogP contribution is 2.33. The maximum Gasteiger partial charge on any atom is 0.228 e. The second-order valence-electron chi connectivity index (χ2n) is 9.08. The summed E-state index contributed by atoms with van der Waals surface area (Å²) in [4.78, 5) is 35.8. The first-order valence-electron chi connectivity index (χ1n) is 11.1. The molecule has 0 aromatic carbocycles. The predicted octanol–water partition coefficient (Wildman–Crippen LogP) is 3.51. The van der Waals surface area contributed by atoms with Crippen molar-refractivity contribution in [2.45, 2.75) is 66.2 Å². The Labute approximate surface area is 179 Å². The lowest BCUT2D eigenvalue weighted by atomic mass is 10.0. The molecule has 1 fully saturated rings. The summed E-state index contributed by atoms with van der Waals surface area (Å²) in [5.41, 5.74) is 4.12. The van der Waals surface area contributed by atoms with E-state index in [9.17, 15) is 4.79 Å². The van der Waals surface area contributed by atoms with Gasteiger partial charge in [0.05, 0.1) is 0 Å². The van der Waals surface area contributed by atoms with Crippen LogP contribution in [0, 0.1) is 26.7 Å². The topological polar surface area (TPSA) is 75.1 Å². The van der Waals surface area contributed by atoms with Gasteiger partial charge >= 0.3 is 0 Å². The Hall–Kier alpha value is -2.57. The molecule has 4 rings (SSSR count). The summed E-state index contributed by atoms with van der Waals surface area (Å²) in [7, 11) is 0. The number of hydrogen-bond donors (Lipinski definition) is 0. The van der Waals surface area contributed by atoms with Crippen molar-refractivity contribution >= 4 is 17.7 Å². The number of hydrogen-bond acceptors (Lipinski definition) is 6. The SMILES string of the molecule is Cc1cc(C)nc(N2CCC(c3nc(C)c4c(n3)N(CCC(C)C)C(=O)CC4)C2)n1. The maximum atomic E-state index is 12.7. The van der Waals surface area contributed by atoms with Gasteiger partial charge in [0, 0.05) is 54.6 Å². The van der Waals surface area contributed by atoms with Crippen LogP contribution in [0.15, 0.2) is 6.07 Å². The van der Waals surface area contributed by atoms with Gasteiger partial charge in [0.15, 0.2) is 0 Å². The van der Waals surface area contributed by atoms with Crippen molar-refractivity contribution in [3.8, 4) is 0 Å². The minimum Gasteiger partial charge on any atom is -0.340 e. The molecule has 160 valence electrons. The Morgan fingerprint density at radius 3 is 2.50 bits per heavy atom. The van der Waals surface area contributed by atoms with E-state index in [0.717, 1.165) is 79.1 Å². The molecule has 7 nitrogen and oxygen atoms in total. The highest BCUT2D eigenvalue weighted by Gasteiger charge is 2.32. The summed E-state index contributed by atoms with van der Waals surface area (Å²) in [6.45, 7) is 12.9. The predicted molar refractivity (Wildman–Crippen MR) is 118 cm³/mol. The Kier molecular flexibility index (Phi) is 5.71. The summed E-state index contributed by atoms with van der Waals surface area (Å²) in [6.07, 6.45) is 3.24. The van der Waals surface area contributed by atoms with Crippen LogP contribution < -0.4 is 9.80 Å².